The molecule has 0 bridgehead atoms. The van der Waals surface area contributed by atoms with Crippen LogP contribution in [0.2, 0.25) is 0 Å². The Balaban J connectivity index is 1.59. The van der Waals surface area contributed by atoms with Crippen molar-refractivity contribution in [2.75, 3.05) is 0 Å². The van der Waals surface area contributed by atoms with Gasteiger partial charge in [0, 0.05) is 25.0 Å². The largest absolute Gasteiger partial charge is 0.315 e. The van der Waals surface area contributed by atoms with E-state index in [4.69, 9.17) is 0 Å². The molecular weight excluding hydrogens is 338 g/mol. The minimum absolute atomic E-state index is 0.0523. The summed E-state index contributed by atoms with van der Waals surface area (Å²) in [4.78, 5) is 30.3. The SMILES string of the molecule is O=c1c2cc3c(=O)n(C4CC4)ccc3nc2ccn1CCc1ccccc1. The van der Waals surface area contributed by atoms with Gasteiger partial charge in [-0.2, -0.15) is 0 Å². The summed E-state index contributed by atoms with van der Waals surface area (Å²) in [5, 5.41) is 1.03. The second kappa shape index (κ2) is 6.20. The third-order valence-electron chi connectivity index (χ3n) is 5.27. The van der Waals surface area contributed by atoms with Crippen LogP contribution < -0.4 is 11.1 Å². The van der Waals surface area contributed by atoms with Gasteiger partial charge in [0.25, 0.3) is 11.1 Å². The van der Waals surface area contributed by atoms with Gasteiger partial charge in [0.15, 0.2) is 0 Å². The number of nitrogens with zero attached hydrogens (tertiary/aromatic N) is 3. The maximum atomic E-state index is 12.9. The molecule has 0 amide bonds. The van der Waals surface area contributed by atoms with Crippen LogP contribution in [0.25, 0.3) is 21.8 Å². The van der Waals surface area contributed by atoms with Crippen molar-refractivity contribution >= 4 is 21.8 Å². The Morgan fingerprint density at radius 2 is 1.59 bits per heavy atom. The maximum Gasteiger partial charge on any atom is 0.260 e. The molecule has 0 unspecified atom stereocenters. The first-order valence-corrected chi connectivity index (χ1v) is 9.30. The molecule has 27 heavy (non-hydrogen) atoms. The van der Waals surface area contributed by atoms with Crippen molar-refractivity contribution in [1.29, 1.82) is 0 Å². The highest BCUT2D eigenvalue weighted by molar-refractivity contribution is 5.91. The van der Waals surface area contributed by atoms with Crippen LogP contribution in [0.3, 0.4) is 0 Å². The van der Waals surface area contributed by atoms with E-state index in [0.29, 0.717) is 34.4 Å². The summed E-state index contributed by atoms with van der Waals surface area (Å²) in [7, 11) is 0. The fourth-order valence-corrected chi connectivity index (χ4v) is 3.59. The van der Waals surface area contributed by atoms with Crippen LogP contribution in [-0.4, -0.2) is 14.1 Å². The Kier molecular flexibility index (Phi) is 3.67. The molecule has 1 aliphatic carbocycles. The van der Waals surface area contributed by atoms with Gasteiger partial charge in [0.2, 0.25) is 0 Å². The lowest BCUT2D eigenvalue weighted by molar-refractivity contribution is 0.675. The Hall–Kier alpha value is -3.21. The third-order valence-corrected chi connectivity index (χ3v) is 5.27. The van der Waals surface area contributed by atoms with Gasteiger partial charge in [-0.15, -0.1) is 0 Å². The van der Waals surface area contributed by atoms with Crippen molar-refractivity contribution in [2.24, 2.45) is 0 Å². The molecule has 0 radical (unpaired) electrons. The molecule has 4 aromatic rings. The molecule has 1 aliphatic rings. The molecule has 3 heterocycles. The van der Waals surface area contributed by atoms with Crippen molar-refractivity contribution in [1.82, 2.24) is 14.1 Å². The predicted molar refractivity (Wildman–Crippen MR) is 106 cm³/mol. The van der Waals surface area contributed by atoms with Crippen LogP contribution >= 0.6 is 0 Å². The number of pyridine rings is 3. The van der Waals surface area contributed by atoms with E-state index in [1.807, 2.05) is 36.5 Å². The smallest absolute Gasteiger partial charge is 0.260 e. The first-order chi connectivity index (χ1) is 13.2. The Labute approximate surface area is 155 Å². The molecule has 1 fully saturated rings. The number of benzene rings is 1. The van der Waals surface area contributed by atoms with Crippen LogP contribution in [0.4, 0.5) is 0 Å². The average Bonchev–Trinajstić information content (AvgIpc) is 3.53. The van der Waals surface area contributed by atoms with E-state index in [1.54, 1.807) is 21.4 Å². The van der Waals surface area contributed by atoms with E-state index < -0.39 is 0 Å². The molecular formula is C22H19N3O2. The zero-order valence-corrected chi connectivity index (χ0v) is 14.8. The quantitative estimate of drug-likeness (QED) is 0.527. The molecule has 3 aromatic heterocycles. The third kappa shape index (κ3) is 2.85. The van der Waals surface area contributed by atoms with E-state index in [-0.39, 0.29) is 11.1 Å². The number of aryl methyl sites for hydroxylation is 2. The molecule has 0 saturated heterocycles. The summed E-state index contributed by atoms with van der Waals surface area (Å²) < 4.78 is 3.47. The van der Waals surface area contributed by atoms with Crippen molar-refractivity contribution in [3.8, 4) is 0 Å². The zero-order valence-electron chi connectivity index (χ0n) is 14.8. The topological polar surface area (TPSA) is 56.9 Å². The summed E-state index contributed by atoms with van der Waals surface area (Å²) in [6.07, 6.45) is 6.47. The van der Waals surface area contributed by atoms with E-state index >= 15 is 0 Å². The lowest BCUT2D eigenvalue weighted by Crippen LogP contribution is -2.22. The standard InChI is InChI=1S/C22H19N3O2/c26-21-17-14-18-20(10-13-25(22(18)27)16-6-7-16)23-19(17)9-12-24(21)11-8-15-4-2-1-3-5-15/h1-5,9-10,12-14,16H,6-8,11H2. The van der Waals surface area contributed by atoms with Gasteiger partial charge in [-0.1, -0.05) is 30.3 Å². The second-order valence-corrected chi connectivity index (χ2v) is 7.16. The van der Waals surface area contributed by atoms with E-state index in [2.05, 4.69) is 17.1 Å². The van der Waals surface area contributed by atoms with Crippen molar-refractivity contribution in [3.63, 3.8) is 0 Å². The fraction of sp³-hybridized carbons (Fsp3) is 0.227. The van der Waals surface area contributed by atoms with E-state index in [1.165, 1.54) is 5.56 Å². The highest BCUT2D eigenvalue weighted by atomic mass is 16.1. The normalized spacial score (nSPS) is 14.1. The monoisotopic (exact) mass is 357 g/mol. The maximum absolute atomic E-state index is 12.9. The summed E-state index contributed by atoms with van der Waals surface area (Å²) in [6.45, 7) is 0.595. The van der Waals surface area contributed by atoms with Gasteiger partial charge in [-0.3, -0.25) is 9.59 Å². The Bertz CT molecular complexity index is 1270. The molecule has 1 aromatic carbocycles. The number of fused-ring (bicyclic) bond motifs is 2. The Morgan fingerprint density at radius 1 is 0.889 bits per heavy atom. The molecule has 1 saturated carbocycles. The molecule has 0 aliphatic heterocycles. The summed E-state index contributed by atoms with van der Waals surface area (Å²) in [5.74, 6) is 0. The van der Waals surface area contributed by atoms with E-state index in [9.17, 15) is 9.59 Å². The van der Waals surface area contributed by atoms with Gasteiger partial charge >= 0.3 is 0 Å². The van der Waals surface area contributed by atoms with Gasteiger partial charge in [0.05, 0.1) is 21.8 Å². The minimum atomic E-state index is -0.0981. The number of aromatic nitrogens is 3. The first kappa shape index (κ1) is 16.0. The fourth-order valence-electron chi connectivity index (χ4n) is 3.59. The molecule has 0 N–H and O–H groups in total. The Morgan fingerprint density at radius 3 is 2.33 bits per heavy atom. The molecule has 5 nitrogen and oxygen atoms in total. The highest BCUT2D eigenvalue weighted by Gasteiger charge is 2.25. The lowest BCUT2D eigenvalue weighted by atomic mass is 10.1. The first-order valence-electron chi connectivity index (χ1n) is 9.30. The van der Waals surface area contributed by atoms with Crippen LogP contribution in [0.5, 0.6) is 0 Å². The number of hydrogen-bond donors (Lipinski definition) is 0. The van der Waals surface area contributed by atoms with Crippen LogP contribution in [0.1, 0.15) is 24.4 Å². The molecule has 5 heteroatoms. The van der Waals surface area contributed by atoms with Crippen molar-refractivity contribution < 1.29 is 0 Å². The summed E-state index contributed by atoms with van der Waals surface area (Å²) >= 11 is 0. The molecule has 0 atom stereocenters. The molecule has 0 spiro atoms. The van der Waals surface area contributed by atoms with Crippen molar-refractivity contribution in [2.45, 2.75) is 31.8 Å². The lowest BCUT2D eigenvalue weighted by Gasteiger charge is -2.09. The van der Waals surface area contributed by atoms with Crippen LogP contribution in [0.15, 0.2) is 70.5 Å². The second-order valence-electron chi connectivity index (χ2n) is 7.16. The van der Waals surface area contributed by atoms with Gasteiger partial charge in [-0.05, 0) is 43.0 Å². The average molecular weight is 357 g/mol. The molecule has 5 rings (SSSR count). The highest BCUT2D eigenvalue weighted by Crippen LogP contribution is 2.33. The van der Waals surface area contributed by atoms with E-state index in [0.717, 1.165) is 19.3 Å². The molecule has 134 valence electrons. The number of hydrogen-bond acceptors (Lipinski definition) is 3. The summed E-state index contributed by atoms with van der Waals surface area (Å²) in [6, 6.07) is 15.8. The van der Waals surface area contributed by atoms with Crippen molar-refractivity contribution in [3.05, 3.63) is 87.2 Å². The zero-order chi connectivity index (χ0) is 18.4. The van der Waals surface area contributed by atoms with Crippen LogP contribution in [-0.2, 0) is 13.0 Å². The minimum Gasteiger partial charge on any atom is -0.315 e. The predicted octanol–water partition coefficient (Wildman–Crippen LogP) is 3.29. The number of rotatable bonds is 4. The van der Waals surface area contributed by atoms with Crippen LogP contribution in [0, 0.1) is 0 Å². The van der Waals surface area contributed by atoms with Gasteiger partial charge in [-0.25, -0.2) is 4.98 Å². The van der Waals surface area contributed by atoms with Gasteiger partial charge < -0.3 is 9.13 Å². The summed E-state index contributed by atoms with van der Waals surface area (Å²) in [5.41, 5.74) is 2.31. The van der Waals surface area contributed by atoms with Gasteiger partial charge in [0.1, 0.15) is 0 Å².